The van der Waals surface area contributed by atoms with E-state index in [0.29, 0.717) is 11.4 Å². The van der Waals surface area contributed by atoms with Crippen molar-refractivity contribution in [2.24, 2.45) is 0 Å². The molecule has 18 heavy (non-hydrogen) atoms. The van der Waals surface area contributed by atoms with Crippen molar-refractivity contribution in [2.75, 3.05) is 7.11 Å². The third-order valence-corrected chi connectivity index (χ3v) is 2.47. The quantitative estimate of drug-likeness (QED) is 0.882. The van der Waals surface area contributed by atoms with Crippen LogP contribution < -0.4 is 4.74 Å². The third-order valence-electron chi connectivity index (χ3n) is 2.47. The Morgan fingerprint density at radius 1 is 1.50 bits per heavy atom. The molecule has 1 N–H and O–H groups in total. The van der Waals surface area contributed by atoms with Gasteiger partial charge in [0.05, 0.1) is 13.3 Å². The van der Waals surface area contributed by atoms with Crippen molar-refractivity contribution in [3.05, 3.63) is 30.0 Å². The molecule has 6 heteroatoms. The van der Waals surface area contributed by atoms with Crippen LogP contribution in [0.1, 0.15) is 5.56 Å². The number of nitrogens with zero attached hydrogens (tertiary/aromatic N) is 3. The van der Waals surface area contributed by atoms with Crippen molar-refractivity contribution in [3.63, 3.8) is 0 Å². The monoisotopic (exact) mass is 247 g/mol. The first-order chi connectivity index (χ1) is 8.60. The SMILES string of the molecule is COc1ccc(C)cc1-c1cn(CC(=O)O)nn1. The van der Waals surface area contributed by atoms with Gasteiger partial charge in [0.25, 0.3) is 0 Å². The van der Waals surface area contributed by atoms with Gasteiger partial charge in [-0.15, -0.1) is 5.10 Å². The average molecular weight is 247 g/mol. The average Bonchev–Trinajstić information content (AvgIpc) is 2.76. The number of aliphatic carboxylic acids is 1. The lowest BCUT2D eigenvalue weighted by molar-refractivity contribution is -0.137. The van der Waals surface area contributed by atoms with E-state index in [-0.39, 0.29) is 6.54 Å². The van der Waals surface area contributed by atoms with E-state index in [1.165, 1.54) is 4.68 Å². The minimum absolute atomic E-state index is 0.207. The van der Waals surface area contributed by atoms with Gasteiger partial charge in [-0.25, -0.2) is 4.68 Å². The number of rotatable bonds is 4. The second-order valence-electron chi connectivity index (χ2n) is 3.90. The molecule has 94 valence electrons. The fourth-order valence-electron chi connectivity index (χ4n) is 1.66. The summed E-state index contributed by atoms with van der Waals surface area (Å²) in [4.78, 5) is 10.6. The highest BCUT2D eigenvalue weighted by molar-refractivity contribution is 5.68. The van der Waals surface area contributed by atoms with E-state index < -0.39 is 5.97 Å². The number of hydrogen-bond donors (Lipinski definition) is 1. The van der Waals surface area contributed by atoms with Gasteiger partial charge in [-0.1, -0.05) is 16.8 Å². The Kier molecular flexibility index (Phi) is 3.27. The number of carbonyl (C=O) groups is 1. The van der Waals surface area contributed by atoms with Crippen molar-refractivity contribution in [2.45, 2.75) is 13.5 Å². The first kappa shape index (κ1) is 12.1. The third kappa shape index (κ3) is 2.48. The molecular formula is C12H13N3O3. The summed E-state index contributed by atoms with van der Waals surface area (Å²) < 4.78 is 6.53. The van der Waals surface area contributed by atoms with Gasteiger partial charge in [0.15, 0.2) is 0 Å². The first-order valence-electron chi connectivity index (χ1n) is 5.37. The first-order valence-corrected chi connectivity index (χ1v) is 5.37. The molecular weight excluding hydrogens is 234 g/mol. The smallest absolute Gasteiger partial charge is 0.325 e. The molecule has 0 amide bonds. The van der Waals surface area contributed by atoms with E-state index in [9.17, 15) is 4.79 Å². The highest BCUT2D eigenvalue weighted by atomic mass is 16.5. The summed E-state index contributed by atoms with van der Waals surface area (Å²) in [6.45, 7) is 1.76. The highest BCUT2D eigenvalue weighted by Gasteiger charge is 2.11. The zero-order valence-corrected chi connectivity index (χ0v) is 10.1. The Morgan fingerprint density at radius 3 is 2.94 bits per heavy atom. The number of ether oxygens (including phenoxy) is 1. The summed E-state index contributed by atoms with van der Waals surface area (Å²) in [7, 11) is 1.58. The summed E-state index contributed by atoms with van der Waals surface area (Å²) in [6.07, 6.45) is 1.59. The van der Waals surface area contributed by atoms with Gasteiger partial charge in [-0.3, -0.25) is 4.79 Å². The number of hydrogen-bond acceptors (Lipinski definition) is 4. The Hall–Kier alpha value is -2.37. The van der Waals surface area contributed by atoms with E-state index in [0.717, 1.165) is 11.1 Å². The van der Waals surface area contributed by atoms with Gasteiger partial charge in [-0.05, 0) is 19.1 Å². The van der Waals surface area contributed by atoms with Crippen LogP contribution >= 0.6 is 0 Å². The molecule has 0 unspecified atom stereocenters. The molecule has 0 bridgehead atoms. The van der Waals surface area contributed by atoms with Gasteiger partial charge in [-0.2, -0.15) is 0 Å². The van der Waals surface area contributed by atoms with Crippen LogP contribution in [0.2, 0.25) is 0 Å². The van der Waals surface area contributed by atoms with Crippen LogP contribution in [-0.4, -0.2) is 33.2 Å². The molecule has 0 aliphatic rings. The Labute approximate surface area is 104 Å². The molecule has 0 fully saturated rings. The maximum Gasteiger partial charge on any atom is 0.325 e. The van der Waals surface area contributed by atoms with Crippen LogP contribution in [0.15, 0.2) is 24.4 Å². The zero-order valence-electron chi connectivity index (χ0n) is 10.1. The predicted octanol–water partition coefficient (Wildman–Crippen LogP) is 1.35. The molecule has 1 aromatic heterocycles. The van der Waals surface area contributed by atoms with Gasteiger partial charge in [0.2, 0.25) is 0 Å². The zero-order chi connectivity index (χ0) is 13.1. The molecule has 0 aliphatic heterocycles. The summed E-state index contributed by atoms with van der Waals surface area (Å²) in [5.74, 6) is -0.273. The Morgan fingerprint density at radius 2 is 2.28 bits per heavy atom. The number of methoxy groups -OCH3 is 1. The van der Waals surface area contributed by atoms with Gasteiger partial charge >= 0.3 is 5.97 Å². The normalized spacial score (nSPS) is 10.3. The molecule has 0 aliphatic carbocycles. The van der Waals surface area contributed by atoms with Crippen LogP contribution in [0.3, 0.4) is 0 Å². The fraction of sp³-hybridized carbons (Fsp3) is 0.250. The van der Waals surface area contributed by atoms with Crippen molar-refractivity contribution in [1.29, 1.82) is 0 Å². The van der Waals surface area contributed by atoms with Gasteiger partial charge in [0, 0.05) is 5.56 Å². The molecule has 0 saturated carbocycles. The van der Waals surface area contributed by atoms with E-state index in [1.807, 2.05) is 25.1 Å². The molecule has 0 spiro atoms. The lowest BCUT2D eigenvalue weighted by Gasteiger charge is -2.06. The van der Waals surface area contributed by atoms with E-state index >= 15 is 0 Å². The van der Waals surface area contributed by atoms with Crippen LogP contribution in [0.5, 0.6) is 5.75 Å². The minimum Gasteiger partial charge on any atom is -0.496 e. The highest BCUT2D eigenvalue weighted by Crippen LogP contribution is 2.28. The number of carboxylic acid groups (broad SMARTS) is 1. The minimum atomic E-state index is -0.956. The molecule has 2 aromatic rings. The van der Waals surface area contributed by atoms with Crippen molar-refractivity contribution >= 4 is 5.97 Å². The van der Waals surface area contributed by atoms with Crippen LogP contribution in [0.25, 0.3) is 11.3 Å². The second kappa shape index (κ2) is 4.87. The molecule has 0 radical (unpaired) electrons. The van der Waals surface area contributed by atoms with E-state index in [1.54, 1.807) is 13.3 Å². The van der Waals surface area contributed by atoms with Crippen LogP contribution in [0.4, 0.5) is 0 Å². The molecule has 1 aromatic carbocycles. The summed E-state index contributed by atoms with van der Waals surface area (Å²) in [5.41, 5.74) is 2.46. The lowest BCUT2D eigenvalue weighted by atomic mass is 10.1. The second-order valence-corrected chi connectivity index (χ2v) is 3.90. The molecule has 2 rings (SSSR count). The summed E-state index contributed by atoms with van der Waals surface area (Å²) in [6, 6.07) is 5.71. The van der Waals surface area contributed by atoms with Crippen molar-refractivity contribution < 1.29 is 14.6 Å². The summed E-state index contributed by atoms with van der Waals surface area (Å²) in [5, 5.41) is 16.4. The Balaban J connectivity index is 2.38. The van der Waals surface area contributed by atoms with Gasteiger partial charge < -0.3 is 9.84 Å². The van der Waals surface area contributed by atoms with E-state index in [4.69, 9.17) is 9.84 Å². The summed E-state index contributed by atoms with van der Waals surface area (Å²) >= 11 is 0. The molecule has 0 atom stereocenters. The number of benzene rings is 1. The maximum absolute atomic E-state index is 10.6. The molecule has 1 heterocycles. The van der Waals surface area contributed by atoms with Crippen LogP contribution in [-0.2, 0) is 11.3 Å². The predicted molar refractivity (Wildman–Crippen MR) is 64.4 cm³/mol. The van der Waals surface area contributed by atoms with Crippen molar-refractivity contribution in [1.82, 2.24) is 15.0 Å². The van der Waals surface area contributed by atoms with Gasteiger partial charge in [0.1, 0.15) is 18.0 Å². The lowest BCUT2D eigenvalue weighted by Crippen LogP contribution is -2.08. The molecule has 6 nitrogen and oxygen atoms in total. The molecule has 0 saturated heterocycles. The van der Waals surface area contributed by atoms with Crippen LogP contribution in [0, 0.1) is 6.92 Å². The Bertz CT molecular complexity index is 578. The number of aromatic nitrogens is 3. The topological polar surface area (TPSA) is 77.2 Å². The number of aryl methyl sites for hydroxylation is 1. The van der Waals surface area contributed by atoms with E-state index in [2.05, 4.69) is 10.3 Å². The fourth-order valence-corrected chi connectivity index (χ4v) is 1.66. The standard InChI is InChI=1S/C12H13N3O3/c1-8-3-4-11(18-2)9(5-8)10-6-15(14-13-10)7-12(16)17/h3-6H,7H2,1-2H3,(H,16,17). The largest absolute Gasteiger partial charge is 0.496 e. The van der Waals surface area contributed by atoms with Crippen molar-refractivity contribution in [3.8, 4) is 17.0 Å². The number of carboxylic acids is 1. The maximum atomic E-state index is 10.6.